The Bertz CT molecular complexity index is 1300. The normalized spacial score (nSPS) is 10.7. The van der Waals surface area contributed by atoms with Crippen molar-refractivity contribution < 1.29 is 18.8 Å². The van der Waals surface area contributed by atoms with Crippen molar-refractivity contribution in [2.75, 3.05) is 5.32 Å². The quantitative estimate of drug-likeness (QED) is 0.306. The Balaban J connectivity index is 1.36. The zero-order valence-electron chi connectivity index (χ0n) is 16.9. The van der Waals surface area contributed by atoms with Gasteiger partial charge < -0.3 is 10.1 Å². The van der Waals surface area contributed by atoms with Crippen molar-refractivity contribution in [3.8, 4) is 5.75 Å². The van der Waals surface area contributed by atoms with Crippen LogP contribution >= 0.6 is 11.6 Å². The van der Waals surface area contributed by atoms with E-state index < -0.39 is 16.6 Å². The summed E-state index contributed by atoms with van der Waals surface area (Å²) < 4.78 is 21.6. The number of carbonyl (C=O) groups excluding carboxylic acids is 1. The number of nitro benzene ring substituents is 1. The second kappa shape index (κ2) is 9.49. The van der Waals surface area contributed by atoms with E-state index in [0.717, 1.165) is 23.8 Å². The van der Waals surface area contributed by atoms with Crippen molar-refractivity contribution in [2.45, 2.75) is 13.3 Å². The number of rotatable bonds is 8. The number of anilines is 1. The molecule has 33 heavy (non-hydrogen) atoms. The summed E-state index contributed by atoms with van der Waals surface area (Å²) >= 11 is 5.89. The van der Waals surface area contributed by atoms with Gasteiger partial charge in [-0.3, -0.25) is 19.6 Å². The molecule has 168 valence electrons. The maximum absolute atomic E-state index is 13.4. The first-order valence-electron chi connectivity index (χ1n) is 9.56. The lowest BCUT2D eigenvalue weighted by Gasteiger charge is -2.07. The molecule has 0 bridgehead atoms. The number of carbonyl (C=O) groups is 1. The summed E-state index contributed by atoms with van der Waals surface area (Å²) in [6.07, 6.45) is 4.65. The lowest BCUT2D eigenvalue weighted by atomic mass is 10.2. The van der Waals surface area contributed by atoms with Gasteiger partial charge in [0.25, 0.3) is 5.91 Å². The highest BCUT2D eigenvalue weighted by molar-refractivity contribution is 6.30. The monoisotopic (exact) mass is 470 g/mol. The van der Waals surface area contributed by atoms with Crippen LogP contribution < -0.4 is 10.1 Å². The van der Waals surface area contributed by atoms with Gasteiger partial charge in [0, 0.05) is 29.5 Å². The molecule has 12 heteroatoms. The summed E-state index contributed by atoms with van der Waals surface area (Å²) in [5.74, 6) is -1.39. The zero-order chi connectivity index (χ0) is 23.4. The molecule has 0 spiro atoms. The molecule has 0 saturated heterocycles. The third-order valence-electron chi connectivity index (χ3n) is 4.49. The first-order valence-corrected chi connectivity index (χ1v) is 9.93. The van der Waals surface area contributed by atoms with Crippen LogP contribution in [0.5, 0.6) is 5.75 Å². The molecule has 4 aromatic rings. The van der Waals surface area contributed by atoms with Crippen LogP contribution in [0.1, 0.15) is 16.1 Å². The lowest BCUT2D eigenvalue weighted by Crippen LogP contribution is -2.14. The minimum Gasteiger partial charge on any atom is -0.464 e. The van der Waals surface area contributed by atoms with E-state index in [1.165, 1.54) is 23.1 Å². The zero-order valence-corrected chi connectivity index (χ0v) is 17.6. The molecule has 0 unspecified atom stereocenters. The van der Waals surface area contributed by atoms with Crippen molar-refractivity contribution in [2.24, 2.45) is 0 Å². The largest absolute Gasteiger partial charge is 0.464 e. The van der Waals surface area contributed by atoms with Crippen LogP contribution in [0.15, 0.2) is 67.1 Å². The van der Waals surface area contributed by atoms with E-state index in [2.05, 4.69) is 15.5 Å². The van der Waals surface area contributed by atoms with Gasteiger partial charge in [0.15, 0.2) is 12.4 Å². The maximum Gasteiger partial charge on any atom is 0.311 e. The average Bonchev–Trinajstić information content (AvgIpc) is 3.43. The SMILES string of the molecule is O=C(Nc1cnn(Cc2ccc(Cl)cc2)c1)c1ccn(COc2cc(F)ccc2[N+](=O)[O-])n1. The fourth-order valence-electron chi connectivity index (χ4n) is 2.93. The number of ether oxygens (including phenoxy) is 1. The Kier molecular flexibility index (Phi) is 6.31. The van der Waals surface area contributed by atoms with Gasteiger partial charge in [0.2, 0.25) is 5.75 Å². The smallest absolute Gasteiger partial charge is 0.311 e. The number of hydrogen-bond donors (Lipinski definition) is 1. The minimum absolute atomic E-state index is 0.0952. The van der Waals surface area contributed by atoms with Crippen molar-refractivity contribution >= 4 is 28.9 Å². The summed E-state index contributed by atoms with van der Waals surface area (Å²) in [5.41, 5.74) is 1.20. The maximum atomic E-state index is 13.4. The van der Waals surface area contributed by atoms with E-state index >= 15 is 0 Å². The van der Waals surface area contributed by atoms with Crippen molar-refractivity contribution in [3.05, 3.63) is 99.3 Å². The van der Waals surface area contributed by atoms with Crippen LogP contribution in [-0.2, 0) is 13.3 Å². The number of nitrogens with zero attached hydrogens (tertiary/aromatic N) is 5. The topological polar surface area (TPSA) is 117 Å². The predicted octanol–water partition coefficient (Wildman–Crippen LogP) is 4.12. The van der Waals surface area contributed by atoms with E-state index in [4.69, 9.17) is 16.3 Å². The molecule has 0 aliphatic heterocycles. The fourth-order valence-corrected chi connectivity index (χ4v) is 3.06. The second-order valence-corrected chi connectivity index (χ2v) is 7.33. The molecule has 1 N–H and O–H groups in total. The van der Waals surface area contributed by atoms with Gasteiger partial charge >= 0.3 is 5.69 Å². The van der Waals surface area contributed by atoms with E-state index in [9.17, 15) is 19.3 Å². The third-order valence-corrected chi connectivity index (χ3v) is 4.75. The number of benzene rings is 2. The minimum atomic E-state index is -0.677. The lowest BCUT2D eigenvalue weighted by molar-refractivity contribution is -0.386. The molecule has 2 heterocycles. The summed E-state index contributed by atoms with van der Waals surface area (Å²) in [4.78, 5) is 22.8. The second-order valence-electron chi connectivity index (χ2n) is 6.89. The molecule has 0 aliphatic rings. The Labute approximate surface area is 191 Å². The van der Waals surface area contributed by atoms with Gasteiger partial charge in [-0.25, -0.2) is 9.07 Å². The Morgan fingerprint density at radius 3 is 2.73 bits per heavy atom. The van der Waals surface area contributed by atoms with Crippen molar-refractivity contribution in [1.29, 1.82) is 0 Å². The number of halogens is 2. The molecule has 0 radical (unpaired) electrons. The average molecular weight is 471 g/mol. The van der Waals surface area contributed by atoms with Gasteiger partial charge in [0.1, 0.15) is 5.82 Å². The highest BCUT2D eigenvalue weighted by Crippen LogP contribution is 2.27. The molecule has 0 aliphatic carbocycles. The van der Waals surface area contributed by atoms with Crippen LogP contribution in [-0.4, -0.2) is 30.4 Å². The summed E-state index contributed by atoms with van der Waals surface area (Å²) in [5, 5.41) is 22.7. The number of hydrogen-bond acceptors (Lipinski definition) is 6. The third kappa shape index (κ3) is 5.52. The first kappa shape index (κ1) is 22.0. The van der Waals surface area contributed by atoms with Gasteiger partial charge in [0.05, 0.1) is 23.4 Å². The number of aromatic nitrogens is 4. The molecule has 1 amide bonds. The van der Waals surface area contributed by atoms with E-state index in [1.54, 1.807) is 23.0 Å². The Morgan fingerprint density at radius 2 is 1.97 bits per heavy atom. The molecule has 0 fully saturated rings. The van der Waals surface area contributed by atoms with Crippen molar-refractivity contribution in [1.82, 2.24) is 19.6 Å². The molecule has 0 saturated carbocycles. The fraction of sp³-hybridized carbons (Fsp3) is 0.0952. The van der Waals surface area contributed by atoms with Gasteiger partial charge in [-0.2, -0.15) is 10.2 Å². The molecule has 2 aromatic heterocycles. The molecule has 4 rings (SSSR count). The summed E-state index contributed by atoms with van der Waals surface area (Å²) in [6.45, 7) is 0.252. The molecule has 0 atom stereocenters. The number of amides is 1. The van der Waals surface area contributed by atoms with Gasteiger partial charge in [-0.1, -0.05) is 23.7 Å². The highest BCUT2D eigenvalue weighted by Gasteiger charge is 2.17. The predicted molar refractivity (Wildman–Crippen MR) is 117 cm³/mol. The number of nitro groups is 1. The van der Waals surface area contributed by atoms with Gasteiger partial charge in [-0.15, -0.1) is 0 Å². The van der Waals surface area contributed by atoms with Crippen LogP contribution in [0.2, 0.25) is 5.02 Å². The van der Waals surface area contributed by atoms with Crippen LogP contribution in [0.3, 0.4) is 0 Å². The Morgan fingerprint density at radius 1 is 1.18 bits per heavy atom. The van der Waals surface area contributed by atoms with Crippen molar-refractivity contribution in [3.63, 3.8) is 0 Å². The van der Waals surface area contributed by atoms with Crippen LogP contribution in [0.4, 0.5) is 15.8 Å². The standard InChI is InChI=1S/C21H16ClFN6O4/c22-15-3-1-14(2-4-15)11-28-12-17(10-24-28)25-21(30)18-7-8-27(26-18)13-33-20-9-16(23)5-6-19(20)29(31)32/h1-10,12H,11,13H2,(H,25,30). The van der Waals surface area contributed by atoms with E-state index in [1.807, 2.05) is 12.1 Å². The highest BCUT2D eigenvalue weighted by atomic mass is 35.5. The molecular formula is C21H16ClFN6O4. The van der Waals surface area contributed by atoms with Crippen LogP contribution in [0.25, 0.3) is 0 Å². The van der Waals surface area contributed by atoms with E-state index in [0.29, 0.717) is 17.3 Å². The molecule has 10 nitrogen and oxygen atoms in total. The summed E-state index contributed by atoms with van der Waals surface area (Å²) in [6, 6.07) is 11.7. The van der Waals surface area contributed by atoms with E-state index in [-0.39, 0.29) is 23.9 Å². The van der Waals surface area contributed by atoms with Crippen LogP contribution in [0, 0.1) is 15.9 Å². The molecule has 2 aromatic carbocycles. The number of nitrogens with one attached hydrogen (secondary N) is 1. The Hall–Kier alpha value is -4.25. The first-order chi connectivity index (χ1) is 15.9. The van der Waals surface area contributed by atoms with Gasteiger partial charge in [-0.05, 0) is 29.8 Å². The molecular weight excluding hydrogens is 455 g/mol. The summed E-state index contributed by atoms with van der Waals surface area (Å²) in [7, 11) is 0.